The normalized spacial score (nSPS) is 15.8. The summed E-state index contributed by atoms with van der Waals surface area (Å²) >= 11 is 2.68. The second-order valence-corrected chi connectivity index (χ2v) is 10.0. The Hall–Kier alpha value is -2.01. The largest absolute Gasteiger partial charge is 0.481 e. The molecule has 0 aromatic heterocycles. The molecule has 1 atom stereocenters. The van der Waals surface area contributed by atoms with Crippen molar-refractivity contribution in [3.63, 3.8) is 0 Å². The molecular weight excluding hydrogens is 502 g/mol. The molecule has 1 aliphatic rings. The molecule has 3 nitrogen and oxygen atoms in total. The van der Waals surface area contributed by atoms with E-state index >= 15 is 0 Å². The molecule has 2 aromatic carbocycles. The van der Waals surface area contributed by atoms with E-state index in [0.29, 0.717) is 28.4 Å². The zero-order valence-corrected chi connectivity index (χ0v) is 19.7. The average molecular weight is 525 g/mol. The monoisotopic (exact) mass is 524 g/mol. The van der Waals surface area contributed by atoms with Crippen LogP contribution < -0.4 is 4.74 Å². The fraction of sp³-hybridized carbons (Fsp3) is 0.435. The number of esters is 1. The van der Waals surface area contributed by atoms with Crippen molar-refractivity contribution in [2.24, 2.45) is 0 Å². The topological polar surface area (TPSA) is 35.5 Å². The molecule has 0 N–H and O–H groups in total. The number of benzene rings is 2. The maximum Gasteiger partial charge on any atom is 0.420 e. The van der Waals surface area contributed by atoms with Gasteiger partial charge in [0.05, 0.1) is 17.7 Å². The molecule has 0 saturated carbocycles. The molecule has 2 aromatic rings. The molecule has 0 amide bonds. The Morgan fingerprint density at radius 2 is 1.85 bits per heavy atom. The smallest absolute Gasteiger partial charge is 0.420 e. The van der Waals surface area contributed by atoms with Crippen LogP contribution in [0.25, 0.3) is 0 Å². The van der Waals surface area contributed by atoms with Gasteiger partial charge in [0.1, 0.15) is 5.75 Å². The Kier molecular flexibility index (Phi) is 8.72. The number of rotatable bonds is 9. The van der Waals surface area contributed by atoms with Gasteiger partial charge in [-0.25, -0.2) is 4.79 Å². The predicted molar refractivity (Wildman–Crippen MR) is 118 cm³/mol. The SMILES string of the molecule is CCOC(=O)COc1ccc(SCCCC2Cc3ccc(C(F)(F)F)cc3S2)cc1C(F)(F)F. The van der Waals surface area contributed by atoms with Crippen molar-refractivity contribution < 1.29 is 40.6 Å². The van der Waals surface area contributed by atoms with E-state index < -0.39 is 41.8 Å². The van der Waals surface area contributed by atoms with Crippen LogP contribution in [0.2, 0.25) is 0 Å². The second-order valence-electron chi connectivity index (χ2n) is 7.50. The standard InChI is InChI=1S/C23H22F6O3S2/c1-2-31-21(30)13-32-19-8-7-16(12-18(19)23(27,28)29)33-9-3-4-17-10-14-5-6-15(22(24,25)26)11-20(14)34-17/h5-8,11-12,17H,2-4,9-10,13H2,1H3. The summed E-state index contributed by atoms with van der Waals surface area (Å²) in [6, 6.07) is 7.47. The lowest BCUT2D eigenvalue weighted by Crippen LogP contribution is -2.17. The van der Waals surface area contributed by atoms with Gasteiger partial charge in [-0.15, -0.1) is 23.5 Å². The summed E-state index contributed by atoms with van der Waals surface area (Å²) in [6.07, 6.45) is -6.92. The van der Waals surface area contributed by atoms with E-state index in [9.17, 15) is 31.1 Å². The minimum absolute atomic E-state index is 0.101. The Morgan fingerprint density at radius 3 is 2.53 bits per heavy atom. The number of hydrogen-bond acceptors (Lipinski definition) is 5. The minimum Gasteiger partial charge on any atom is -0.481 e. The summed E-state index contributed by atoms with van der Waals surface area (Å²) in [7, 11) is 0. The Labute approximate surface area is 201 Å². The molecule has 11 heteroatoms. The summed E-state index contributed by atoms with van der Waals surface area (Å²) in [5, 5.41) is 0.142. The van der Waals surface area contributed by atoms with Crippen molar-refractivity contribution in [1.82, 2.24) is 0 Å². The van der Waals surface area contributed by atoms with Crippen LogP contribution in [0.15, 0.2) is 46.2 Å². The molecule has 1 aliphatic heterocycles. The zero-order valence-electron chi connectivity index (χ0n) is 18.1. The van der Waals surface area contributed by atoms with Crippen LogP contribution in [0.4, 0.5) is 26.3 Å². The van der Waals surface area contributed by atoms with Crippen LogP contribution in [-0.4, -0.2) is 30.2 Å². The fourth-order valence-electron chi connectivity index (χ4n) is 3.42. The average Bonchev–Trinajstić information content (AvgIpc) is 3.16. The van der Waals surface area contributed by atoms with Gasteiger partial charge >= 0.3 is 18.3 Å². The van der Waals surface area contributed by atoms with Gasteiger partial charge in [-0.2, -0.15) is 26.3 Å². The molecule has 0 bridgehead atoms. The van der Waals surface area contributed by atoms with Gasteiger partial charge in [-0.3, -0.25) is 0 Å². The lowest BCUT2D eigenvalue weighted by atomic mass is 10.1. The van der Waals surface area contributed by atoms with Crippen molar-refractivity contribution in [3.05, 3.63) is 53.1 Å². The van der Waals surface area contributed by atoms with E-state index in [1.165, 1.54) is 47.8 Å². The number of ether oxygens (including phenoxy) is 2. The van der Waals surface area contributed by atoms with Crippen LogP contribution in [0, 0.1) is 0 Å². The fourth-order valence-corrected chi connectivity index (χ4v) is 5.74. The first-order chi connectivity index (χ1) is 16.0. The third-order valence-corrected chi connectivity index (χ3v) is 7.43. The Morgan fingerprint density at radius 1 is 1.09 bits per heavy atom. The molecule has 0 fully saturated rings. The number of alkyl halides is 6. The predicted octanol–water partition coefficient (Wildman–Crippen LogP) is 7.26. The summed E-state index contributed by atoms with van der Waals surface area (Å²) < 4.78 is 88.7. The van der Waals surface area contributed by atoms with E-state index in [2.05, 4.69) is 4.74 Å². The summed E-state index contributed by atoms with van der Waals surface area (Å²) in [4.78, 5) is 12.4. The van der Waals surface area contributed by atoms with Gasteiger partial charge in [-0.1, -0.05) is 6.07 Å². The van der Waals surface area contributed by atoms with Crippen molar-refractivity contribution in [3.8, 4) is 5.75 Å². The Bertz CT molecular complexity index is 1010. The number of carbonyl (C=O) groups is 1. The van der Waals surface area contributed by atoms with E-state index in [-0.39, 0.29) is 11.9 Å². The summed E-state index contributed by atoms with van der Waals surface area (Å²) in [5.74, 6) is -0.638. The quantitative estimate of drug-likeness (QED) is 0.149. The number of hydrogen-bond donors (Lipinski definition) is 0. The van der Waals surface area contributed by atoms with Gasteiger partial charge in [0.2, 0.25) is 0 Å². The Balaban J connectivity index is 1.52. The van der Waals surface area contributed by atoms with Crippen LogP contribution in [0.3, 0.4) is 0 Å². The number of thioether (sulfide) groups is 2. The highest BCUT2D eigenvalue weighted by Crippen LogP contribution is 2.43. The van der Waals surface area contributed by atoms with E-state index in [4.69, 9.17) is 4.74 Å². The molecule has 0 spiro atoms. The van der Waals surface area contributed by atoms with Crippen LogP contribution in [0.5, 0.6) is 5.75 Å². The molecule has 1 unspecified atom stereocenters. The van der Waals surface area contributed by atoms with Crippen molar-refractivity contribution in [2.45, 2.75) is 53.6 Å². The maximum atomic E-state index is 13.4. The summed E-state index contributed by atoms with van der Waals surface area (Å²) in [5.41, 5.74) is -0.738. The molecule has 0 radical (unpaired) electrons. The molecule has 0 aliphatic carbocycles. The van der Waals surface area contributed by atoms with Gasteiger partial charge in [0.25, 0.3) is 0 Å². The number of halogens is 6. The first kappa shape index (κ1) is 26.6. The van der Waals surface area contributed by atoms with Gasteiger partial charge in [-0.05, 0) is 67.8 Å². The van der Waals surface area contributed by atoms with Gasteiger partial charge in [0, 0.05) is 15.0 Å². The lowest BCUT2D eigenvalue weighted by Gasteiger charge is -2.15. The lowest BCUT2D eigenvalue weighted by molar-refractivity contribution is -0.147. The minimum atomic E-state index is -4.65. The van der Waals surface area contributed by atoms with Crippen molar-refractivity contribution in [2.75, 3.05) is 19.0 Å². The molecule has 0 saturated heterocycles. The summed E-state index contributed by atoms with van der Waals surface area (Å²) in [6.45, 7) is 1.07. The van der Waals surface area contributed by atoms with Crippen LogP contribution in [0.1, 0.15) is 36.5 Å². The highest BCUT2D eigenvalue weighted by molar-refractivity contribution is 8.00. The van der Waals surface area contributed by atoms with Crippen LogP contribution >= 0.6 is 23.5 Å². The molecule has 1 heterocycles. The first-order valence-corrected chi connectivity index (χ1v) is 12.3. The van der Waals surface area contributed by atoms with Crippen molar-refractivity contribution in [1.29, 1.82) is 0 Å². The van der Waals surface area contributed by atoms with E-state index in [0.717, 1.165) is 24.1 Å². The molecule has 3 rings (SSSR count). The number of fused-ring (bicyclic) bond motifs is 1. The van der Waals surface area contributed by atoms with E-state index in [1.54, 1.807) is 6.92 Å². The molecule has 34 heavy (non-hydrogen) atoms. The van der Waals surface area contributed by atoms with E-state index in [1.807, 2.05) is 0 Å². The zero-order chi connectivity index (χ0) is 24.9. The highest BCUT2D eigenvalue weighted by Gasteiger charge is 2.35. The third-order valence-electron chi connectivity index (χ3n) is 4.98. The maximum absolute atomic E-state index is 13.4. The van der Waals surface area contributed by atoms with Crippen LogP contribution in [-0.2, 0) is 28.3 Å². The molecule has 186 valence electrons. The third kappa shape index (κ3) is 7.24. The van der Waals surface area contributed by atoms with Gasteiger partial charge < -0.3 is 9.47 Å². The van der Waals surface area contributed by atoms with Crippen molar-refractivity contribution >= 4 is 29.5 Å². The highest BCUT2D eigenvalue weighted by atomic mass is 32.2. The first-order valence-electron chi connectivity index (χ1n) is 10.5. The van der Waals surface area contributed by atoms with Gasteiger partial charge in [0.15, 0.2) is 6.61 Å². The second kappa shape index (κ2) is 11.2. The molecular formula is C23H22F6O3S2. The number of carbonyl (C=O) groups excluding carboxylic acids is 1.